The van der Waals surface area contributed by atoms with Crippen molar-refractivity contribution >= 4 is 60.8 Å². The SMILES string of the molecule is c1ccc(-c2ccccc2N(c2ccc(-c3cccc(-c4ccccc4-n4c5ccccc5c5ccccc54)c3)cc2)c2ccc(-c3ccccc3-c3cccc4c3oc3ccccc34)cc2)cc1. The number of anilines is 3. The van der Waals surface area contributed by atoms with E-state index in [1.165, 1.54) is 32.9 Å². The molecule has 324 valence electrons. The van der Waals surface area contributed by atoms with Crippen LogP contribution >= 0.6 is 0 Å². The quantitative estimate of drug-likeness (QED) is 0.144. The van der Waals surface area contributed by atoms with Gasteiger partial charge in [-0.05, 0) is 99.6 Å². The Kier molecular flexibility index (Phi) is 9.84. The Bertz CT molecular complexity index is 3960. The van der Waals surface area contributed by atoms with Gasteiger partial charge in [0.15, 0.2) is 0 Å². The van der Waals surface area contributed by atoms with E-state index in [0.717, 1.165) is 89.2 Å². The molecule has 0 N–H and O–H groups in total. The summed E-state index contributed by atoms with van der Waals surface area (Å²) < 4.78 is 8.94. The van der Waals surface area contributed by atoms with Crippen molar-refractivity contribution < 1.29 is 4.42 Å². The van der Waals surface area contributed by atoms with Gasteiger partial charge in [-0.25, -0.2) is 0 Å². The van der Waals surface area contributed by atoms with Gasteiger partial charge >= 0.3 is 0 Å². The Morgan fingerprint density at radius 2 is 0.783 bits per heavy atom. The predicted molar refractivity (Wildman–Crippen MR) is 290 cm³/mol. The van der Waals surface area contributed by atoms with Gasteiger partial charge in [-0.2, -0.15) is 0 Å². The third-order valence-electron chi connectivity index (χ3n) is 13.6. The summed E-state index contributed by atoms with van der Waals surface area (Å²) in [6.07, 6.45) is 0. The van der Waals surface area contributed by atoms with Gasteiger partial charge in [-0.15, -0.1) is 0 Å². The fourth-order valence-electron chi connectivity index (χ4n) is 10.4. The van der Waals surface area contributed by atoms with Crippen LogP contribution in [-0.2, 0) is 0 Å². The summed E-state index contributed by atoms with van der Waals surface area (Å²) in [6, 6.07) is 96.0. The van der Waals surface area contributed by atoms with Crippen molar-refractivity contribution in [2.24, 2.45) is 0 Å². The minimum absolute atomic E-state index is 0.900. The number of aromatic nitrogens is 1. The first-order valence-electron chi connectivity index (χ1n) is 23.6. The molecule has 0 aliphatic heterocycles. The van der Waals surface area contributed by atoms with Crippen LogP contribution < -0.4 is 4.90 Å². The molecule has 13 aromatic rings. The van der Waals surface area contributed by atoms with Gasteiger partial charge in [0.2, 0.25) is 0 Å². The summed E-state index contributed by atoms with van der Waals surface area (Å²) in [6.45, 7) is 0. The summed E-state index contributed by atoms with van der Waals surface area (Å²) in [5.41, 5.74) is 20.1. The van der Waals surface area contributed by atoms with E-state index in [1.54, 1.807) is 0 Å². The van der Waals surface area contributed by atoms with Crippen LogP contribution in [-0.4, -0.2) is 4.57 Å². The number of para-hydroxylation sites is 6. The molecule has 0 unspecified atom stereocenters. The van der Waals surface area contributed by atoms with Gasteiger partial charge in [0.05, 0.1) is 22.4 Å². The highest BCUT2D eigenvalue weighted by Crippen LogP contribution is 2.44. The number of fused-ring (bicyclic) bond motifs is 6. The molecule has 0 spiro atoms. The Balaban J connectivity index is 0.885. The maximum atomic E-state index is 6.52. The fraction of sp³-hybridized carbons (Fsp3) is 0. The van der Waals surface area contributed by atoms with Crippen LogP contribution in [0.5, 0.6) is 0 Å². The van der Waals surface area contributed by atoms with Crippen LogP contribution in [0, 0.1) is 0 Å². The standard InChI is InChI=1S/C66H44N2O/c1-2-18-46(19-3-1)53-23-6-11-31-61(53)67(51-42-38-47(39-43-51)52-22-4-5-25-55(52)59-29-17-30-60-58-28-10-15-35-65(58)69-66(59)60)50-40-36-45(37-41-50)48-20-16-21-49(44-48)54-24-7-12-32-62(54)68-63-33-13-8-26-56(63)57-27-9-14-34-64(57)68/h1-44H. The normalized spacial score (nSPS) is 11.5. The van der Waals surface area contributed by atoms with E-state index in [1.807, 2.05) is 12.1 Å². The third-order valence-corrected chi connectivity index (χ3v) is 13.6. The molecule has 11 aromatic carbocycles. The smallest absolute Gasteiger partial charge is 0.143 e. The van der Waals surface area contributed by atoms with Gasteiger partial charge in [0.1, 0.15) is 11.2 Å². The van der Waals surface area contributed by atoms with Crippen LogP contribution in [0.25, 0.3) is 105 Å². The zero-order valence-electron chi connectivity index (χ0n) is 37.7. The van der Waals surface area contributed by atoms with Crippen LogP contribution in [0.15, 0.2) is 271 Å². The lowest BCUT2D eigenvalue weighted by molar-refractivity contribution is 0.670. The van der Waals surface area contributed by atoms with Crippen LogP contribution in [0.4, 0.5) is 17.1 Å². The minimum Gasteiger partial charge on any atom is -0.455 e. The Hall–Kier alpha value is -9.18. The first-order chi connectivity index (χ1) is 34.2. The van der Waals surface area contributed by atoms with E-state index < -0.39 is 0 Å². The molecule has 2 aromatic heterocycles. The lowest BCUT2D eigenvalue weighted by atomic mass is 9.93. The van der Waals surface area contributed by atoms with Crippen molar-refractivity contribution in [1.29, 1.82) is 0 Å². The van der Waals surface area contributed by atoms with Crippen LogP contribution in [0.1, 0.15) is 0 Å². The molecule has 69 heavy (non-hydrogen) atoms. The Labute approximate surface area is 401 Å². The van der Waals surface area contributed by atoms with Crippen LogP contribution in [0.3, 0.4) is 0 Å². The van der Waals surface area contributed by atoms with Gasteiger partial charge in [-0.1, -0.05) is 206 Å². The summed E-state index contributed by atoms with van der Waals surface area (Å²) in [5.74, 6) is 0. The van der Waals surface area contributed by atoms with Gasteiger partial charge in [-0.3, -0.25) is 0 Å². The second-order valence-electron chi connectivity index (χ2n) is 17.6. The molecule has 0 aliphatic carbocycles. The second kappa shape index (κ2) is 16.9. The molecule has 0 atom stereocenters. The molecule has 3 heteroatoms. The molecule has 3 nitrogen and oxygen atoms in total. The average Bonchev–Trinajstić information content (AvgIpc) is 3.98. The molecule has 0 radical (unpaired) electrons. The van der Waals surface area contributed by atoms with E-state index in [0.29, 0.717) is 0 Å². The number of hydrogen-bond donors (Lipinski definition) is 0. The largest absolute Gasteiger partial charge is 0.455 e. The predicted octanol–water partition coefficient (Wildman–Crippen LogP) is 18.5. The molecule has 0 amide bonds. The molecule has 0 saturated carbocycles. The first kappa shape index (κ1) is 40.1. The Morgan fingerprint density at radius 3 is 1.52 bits per heavy atom. The van der Waals surface area contributed by atoms with Crippen molar-refractivity contribution in [1.82, 2.24) is 4.57 Å². The summed E-state index contributed by atoms with van der Waals surface area (Å²) in [7, 11) is 0. The molecule has 0 saturated heterocycles. The molecule has 0 bridgehead atoms. The van der Waals surface area contributed by atoms with E-state index >= 15 is 0 Å². The highest BCUT2D eigenvalue weighted by Gasteiger charge is 2.20. The molecular formula is C66H44N2O. The molecule has 13 rings (SSSR count). The zero-order chi connectivity index (χ0) is 45.7. The summed E-state index contributed by atoms with van der Waals surface area (Å²) in [5, 5.41) is 4.77. The van der Waals surface area contributed by atoms with Crippen molar-refractivity contribution in [3.8, 4) is 61.3 Å². The van der Waals surface area contributed by atoms with Crippen molar-refractivity contribution in [3.63, 3.8) is 0 Å². The van der Waals surface area contributed by atoms with Crippen molar-refractivity contribution in [2.75, 3.05) is 4.90 Å². The highest BCUT2D eigenvalue weighted by atomic mass is 16.3. The summed E-state index contributed by atoms with van der Waals surface area (Å²) >= 11 is 0. The fourth-order valence-corrected chi connectivity index (χ4v) is 10.4. The first-order valence-corrected chi connectivity index (χ1v) is 23.6. The molecular weight excluding hydrogens is 837 g/mol. The zero-order valence-corrected chi connectivity index (χ0v) is 37.7. The molecule has 0 aliphatic rings. The average molecular weight is 881 g/mol. The van der Waals surface area contributed by atoms with E-state index in [-0.39, 0.29) is 0 Å². The number of rotatable bonds is 9. The third kappa shape index (κ3) is 6.99. The highest BCUT2D eigenvalue weighted by molar-refractivity contribution is 6.11. The van der Waals surface area contributed by atoms with Gasteiger partial charge in [0, 0.05) is 49.6 Å². The molecule has 2 heterocycles. The van der Waals surface area contributed by atoms with E-state index in [2.05, 4.69) is 264 Å². The lowest BCUT2D eigenvalue weighted by Gasteiger charge is -2.28. The number of nitrogens with zero attached hydrogens (tertiary/aromatic N) is 2. The monoisotopic (exact) mass is 880 g/mol. The lowest BCUT2D eigenvalue weighted by Crippen LogP contribution is -2.11. The van der Waals surface area contributed by atoms with E-state index in [9.17, 15) is 0 Å². The summed E-state index contributed by atoms with van der Waals surface area (Å²) in [4.78, 5) is 2.38. The number of hydrogen-bond acceptors (Lipinski definition) is 2. The number of furan rings is 1. The minimum atomic E-state index is 0.900. The maximum absolute atomic E-state index is 6.52. The topological polar surface area (TPSA) is 21.3 Å². The molecule has 0 fully saturated rings. The van der Waals surface area contributed by atoms with Crippen LogP contribution in [0.2, 0.25) is 0 Å². The number of benzene rings is 11. The second-order valence-corrected chi connectivity index (χ2v) is 17.6. The van der Waals surface area contributed by atoms with Gasteiger partial charge in [0.25, 0.3) is 0 Å². The van der Waals surface area contributed by atoms with Crippen molar-refractivity contribution in [2.45, 2.75) is 0 Å². The van der Waals surface area contributed by atoms with Gasteiger partial charge < -0.3 is 13.9 Å². The van der Waals surface area contributed by atoms with Crippen molar-refractivity contribution in [3.05, 3.63) is 267 Å². The maximum Gasteiger partial charge on any atom is 0.143 e. The Morgan fingerprint density at radius 1 is 0.290 bits per heavy atom. The van der Waals surface area contributed by atoms with E-state index in [4.69, 9.17) is 4.42 Å².